The Hall–Kier alpha value is -7.28. The molecule has 0 N–H and O–H groups in total. The van der Waals surface area contributed by atoms with Crippen molar-refractivity contribution in [2.45, 2.75) is 0 Å². The number of aromatic nitrogens is 4. The van der Waals surface area contributed by atoms with E-state index in [1.165, 1.54) is 21.0 Å². The van der Waals surface area contributed by atoms with E-state index in [2.05, 4.69) is 146 Å². The number of nitrogens with zero attached hydrogens (tertiary/aromatic N) is 4. The number of thiophene rings is 1. The Kier molecular flexibility index (Phi) is 7.60. The van der Waals surface area contributed by atoms with Gasteiger partial charge in [0.15, 0.2) is 23.1 Å². The Morgan fingerprint density at radius 2 is 1.00 bits per heavy atom. The lowest BCUT2D eigenvalue weighted by atomic mass is 9.97. The topological polar surface area (TPSA) is 64.7 Å². The van der Waals surface area contributed by atoms with Crippen molar-refractivity contribution in [3.8, 4) is 67.9 Å². The van der Waals surface area contributed by atoms with Crippen LogP contribution in [0.4, 0.5) is 0 Å². The third-order valence-electron chi connectivity index (χ3n) is 10.4. The van der Waals surface area contributed by atoms with Crippen LogP contribution in [0.3, 0.4) is 0 Å². The maximum atomic E-state index is 6.73. The summed E-state index contributed by atoms with van der Waals surface area (Å²) < 4.78 is 9.00. The van der Waals surface area contributed by atoms with Gasteiger partial charge in [-0.05, 0) is 63.4 Å². The van der Waals surface area contributed by atoms with Gasteiger partial charge in [-0.1, -0.05) is 152 Å². The van der Waals surface area contributed by atoms with Gasteiger partial charge in [0.25, 0.3) is 0 Å². The van der Waals surface area contributed by atoms with Crippen LogP contribution < -0.4 is 0 Å². The molecule has 0 atom stereocenters. The Bertz CT molecular complexity index is 3240. The van der Waals surface area contributed by atoms with Gasteiger partial charge >= 0.3 is 0 Å². The molecule has 56 heavy (non-hydrogen) atoms. The third-order valence-corrected chi connectivity index (χ3v) is 11.5. The van der Waals surface area contributed by atoms with Crippen LogP contribution >= 0.6 is 11.3 Å². The quantitative estimate of drug-likeness (QED) is 0.170. The van der Waals surface area contributed by atoms with Crippen molar-refractivity contribution in [1.29, 1.82) is 0 Å². The van der Waals surface area contributed by atoms with E-state index in [1.807, 2.05) is 36.4 Å². The summed E-state index contributed by atoms with van der Waals surface area (Å²) in [6.07, 6.45) is 0. The summed E-state index contributed by atoms with van der Waals surface area (Å²) in [5, 5.41) is 4.59. The molecule has 3 heterocycles. The summed E-state index contributed by atoms with van der Waals surface area (Å²) >= 11 is 1.74. The van der Waals surface area contributed by atoms with Crippen LogP contribution in [-0.4, -0.2) is 19.9 Å². The van der Waals surface area contributed by atoms with Gasteiger partial charge in [-0.25, -0.2) is 19.9 Å². The predicted octanol–water partition coefficient (Wildman–Crippen LogP) is 13.5. The molecule has 0 aliphatic carbocycles. The highest BCUT2D eigenvalue weighted by Crippen LogP contribution is 2.45. The van der Waals surface area contributed by atoms with Crippen molar-refractivity contribution in [1.82, 2.24) is 19.9 Å². The molecule has 0 spiro atoms. The first-order chi connectivity index (χ1) is 27.7. The smallest absolute Gasteiger partial charge is 0.227 e. The van der Waals surface area contributed by atoms with Gasteiger partial charge in [-0.2, -0.15) is 0 Å². The van der Waals surface area contributed by atoms with Gasteiger partial charge in [0, 0.05) is 36.9 Å². The molecule has 0 radical (unpaired) electrons. The lowest BCUT2D eigenvalue weighted by Gasteiger charge is -2.12. The van der Waals surface area contributed by atoms with E-state index in [9.17, 15) is 0 Å². The zero-order valence-electron chi connectivity index (χ0n) is 29.9. The monoisotopic (exact) mass is 734 g/mol. The number of fused-ring (bicyclic) bond motifs is 5. The second-order valence-electron chi connectivity index (χ2n) is 13.8. The highest BCUT2D eigenvalue weighted by Gasteiger charge is 2.24. The van der Waals surface area contributed by atoms with Gasteiger partial charge in [0.2, 0.25) is 5.89 Å². The van der Waals surface area contributed by atoms with Crippen LogP contribution in [-0.2, 0) is 0 Å². The van der Waals surface area contributed by atoms with Crippen LogP contribution in [0.5, 0.6) is 0 Å². The number of hydrogen-bond donors (Lipinski definition) is 0. The maximum Gasteiger partial charge on any atom is 0.227 e. The molecule has 5 nitrogen and oxygen atoms in total. The summed E-state index contributed by atoms with van der Waals surface area (Å²) in [5.41, 5.74) is 9.42. The van der Waals surface area contributed by atoms with Crippen LogP contribution in [0.15, 0.2) is 186 Å². The molecule has 0 aliphatic rings. The minimum absolute atomic E-state index is 0.531. The molecule has 3 aromatic heterocycles. The second-order valence-corrected chi connectivity index (χ2v) is 14.9. The van der Waals surface area contributed by atoms with Crippen molar-refractivity contribution >= 4 is 53.4 Å². The largest absolute Gasteiger partial charge is 0.435 e. The average Bonchev–Trinajstić information content (AvgIpc) is 3.87. The van der Waals surface area contributed by atoms with E-state index in [4.69, 9.17) is 24.4 Å². The number of oxazole rings is 1. The molecule has 0 saturated heterocycles. The first-order valence-electron chi connectivity index (χ1n) is 18.5. The van der Waals surface area contributed by atoms with Crippen LogP contribution in [0.25, 0.3) is 110 Å². The zero-order valence-corrected chi connectivity index (χ0v) is 30.7. The Morgan fingerprint density at radius 3 is 1.82 bits per heavy atom. The molecular formula is C50H30N4OS. The molecule has 0 bridgehead atoms. The minimum atomic E-state index is 0.531. The summed E-state index contributed by atoms with van der Waals surface area (Å²) in [4.78, 5) is 20.8. The minimum Gasteiger partial charge on any atom is -0.435 e. The lowest BCUT2D eigenvalue weighted by molar-refractivity contribution is 0.621. The second kappa shape index (κ2) is 13.2. The Labute approximate surface area is 326 Å². The summed E-state index contributed by atoms with van der Waals surface area (Å²) in [5.74, 6) is 2.24. The van der Waals surface area contributed by atoms with E-state index >= 15 is 0 Å². The normalized spacial score (nSPS) is 11.6. The summed E-state index contributed by atoms with van der Waals surface area (Å²) in [6, 6.07) is 62.9. The molecule has 0 fully saturated rings. The van der Waals surface area contributed by atoms with Gasteiger partial charge in [-0.3, -0.25) is 0 Å². The SMILES string of the molecule is c1ccc(-c2cccc(-c3nc(-c4ccc(-c5cccc6ccccc56)cc4)nc(-c4c5oc(-c6ccccc6)nc5cc5sc6ccccc6c45)n3)c2)cc1. The predicted molar refractivity (Wildman–Crippen MR) is 230 cm³/mol. The van der Waals surface area contributed by atoms with E-state index in [1.54, 1.807) is 11.3 Å². The van der Waals surface area contributed by atoms with Crippen LogP contribution in [0.1, 0.15) is 0 Å². The lowest BCUT2D eigenvalue weighted by Crippen LogP contribution is -2.01. The molecule has 0 aliphatic heterocycles. The average molecular weight is 735 g/mol. The van der Waals surface area contributed by atoms with E-state index in [-0.39, 0.29) is 0 Å². The van der Waals surface area contributed by atoms with Crippen molar-refractivity contribution in [3.05, 3.63) is 182 Å². The fourth-order valence-electron chi connectivity index (χ4n) is 7.68. The van der Waals surface area contributed by atoms with Crippen molar-refractivity contribution < 1.29 is 4.42 Å². The molecule has 6 heteroatoms. The number of benzene rings is 8. The first kappa shape index (κ1) is 32.2. The fraction of sp³-hybridized carbons (Fsp3) is 0. The fourth-order valence-corrected chi connectivity index (χ4v) is 8.83. The van der Waals surface area contributed by atoms with Crippen LogP contribution in [0, 0.1) is 0 Å². The van der Waals surface area contributed by atoms with Crippen molar-refractivity contribution in [2.75, 3.05) is 0 Å². The van der Waals surface area contributed by atoms with Crippen molar-refractivity contribution in [3.63, 3.8) is 0 Å². The molecule has 0 amide bonds. The molecule has 262 valence electrons. The molecule has 11 aromatic rings. The molecule has 8 aromatic carbocycles. The molecule has 0 unspecified atom stereocenters. The highest BCUT2D eigenvalue weighted by atomic mass is 32.1. The Balaban J connectivity index is 1.15. The summed E-state index contributed by atoms with van der Waals surface area (Å²) in [6.45, 7) is 0. The molecular weight excluding hydrogens is 705 g/mol. The van der Waals surface area contributed by atoms with Crippen LogP contribution in [0.2, 0.25) is 0 Å². The van der Waals surface area contributed by atoms with Gasteiger partial charge in [-0.15, -0.1) is 11.3 Å². The zero-order chi connectivity index (χ0) is 37.0. The van der Waals surface area contributed by atoms with Gasteiger partial charge in [0.1, 0.15) is 5.52 Å². The highest BCUT2D eigenvalue weighted by molar-refractivity contribution is 7.26. The van der Waals surface area contributed by atoms with E-state index < -0.39 is 0 Å². The number of rotatable bonds is 6. The number of hydrogen-bond acceptors (Lipinski definition) is 6. The maximum absolute atomic E-state index is 6.73. The van der Waals surface area contributed by atoms with Crippen molar-refractivity contribution in [2.24, 2.45) is 0 Å². The van der Waals surface area contributed by atoms with Gasteiger partial charge in [0.05, 0.1) is 5.56 Å². The molecule has 11 rings (SSSR count). The third kappa shape index (κ3) is 5.54. The Morgan fingerprint density at radius 1 is 0.393 bits per heavy atom. The van der Waals surface area contributed by atoms with E-state index in [0.29, 0.717) is 28.9 Å². The molecule has 0 saturated carbocycles. The van der Waals surface area contributed by atoms with Gasteiger partial charge < -0.3 is 4.42 Å². The first-order valence-corrected chi connectivity index (χ1v) is 19.4. The standard InChI is InChI=1S/C50H30N4OS/c1-3-13-31(14-4-1)36-19-11-20-37(29-36)48-52-47(34-27-25-33(26-28-34)39-23-12-18-32-15-7-8-21-38(32)39)53-49(54-48)45-44-40-22-9-10-24-42(40)56-43(44)30-41-46(45)55-50(51-41)35-16-5-2-6-17-35/h1-30H. The summed E-state index contributed by atoms with van der Waals surface area (Å²) in [7, 11) is 0. The van der Waals surface area contributed by atoms with E-state index in [0.717, 1.165) is 59.9 Å².